The summed E-state index contributed by atoms with van der Waals surface area (Å²) < 4.78 is 45.5. The van der Waals surface area contributed by atoms with Gasteiger partial charge in [0.1, 0.15) is 5.82 Å². The molecule has 0 unspecified atom stereocenters. The number of hydrogen-bond donors (Lipinski definition) is 2. The molecule has 0 bridgehead atoms. The quantitative estimate of drug-likeness (QED) is 0.829. The smallest absolute Gasteiger partial charge is 0.338 e. The van der Waals surface area contributed by atoms with Gasteiger partial charge in [-0.3, -0.25) is 0 Å². The highest BCUT2D eigenvalue weighted by Crippen LogP contribution is 2.21. The van der Waals surface area contributed by atoms with Gasteiger partial charge in [-0.15, -0.1) is 0 Å². The van der Waals surface area contributed by atoms with E-state index in [4.69, 9.17) is 9.84 Å². The summed E-state index contributed by atoms with van der Waals surface area (Å²) in [5, 5.41) is 8.92. The minimum Gasteiger partial charge on any atom is -0.478 e. The van der Waals surface area contributed by atoms with Crippen molar-refractivity contribution < 1.29 is 27.4 Å². The predicted octanol–water partition coefficient (Wildman–Crippen LogP) is 1.54. The molecular weight excluding hydrogens is 301 g/mol. The number of aryl methyl sites for hydroxylation is 1. The van der Waals surface area contributed by atoms with Crippen molar-refractivity contribution in [2.45, 2.75) is 31.2 Å². The van der Waals surface area contributed by atoms with Gasteiger partial charge in [-0.2, -0.15) is 0 Å². The lowest BCUT2D eigenvalue weighted by atomic mass is 10.1. The van der Waals surface area contributed by atoms with Crippen LogP contribution in [0.2, 0.25) is 0 Å². The van der Waals surface area contributed by atoms with E-state index in [9.17, 15) is 17.6 Å². The molecule has 21 heavy (non-hydrogen) atoms. The molecule has 0 fully saturated rings. The van der Waals surface area contributed by atoms with Gasteiger partial charge in [0, 0.05) is 7.11 Å². The highest BCUT2D eigenvalue weighted by molar-refractivity contribution is 7.89. The van der Waals surface area contributed by atoms with Gasteiger partial charge < -0.3 is 9.84 Å². The number of hydrogen-bond acceptors (Lipinski definition) is 4. The van der Waals surface area contributed by atoms with Crippen molar-refractivity contribution in [2.24, 2.45) is 0 Å². The van der Waals surface area contributed by atoms with Gasteiger partial charge >= 0.3 is 5.97 Å². The Hall–Kier alpha value is -1.51. The van der Waals surface area contributed by atoms with E-state index in [1.165, 1.54) is 14.0 Å². The minimum atomic E-state index is -4.00. The van der Waals surface area contributed by atoms with Crippen LogP contribution in [0.1, 0.15) is 29.8 Å². The lowest BCUT2D eigenvalue weighted by Crippen LogP contribution is -2.46. The van der Waals surface area contributed by atoms with Gasteiger partial charge in [0.25, 0.3) is 0 Å². The number of carboxylic acids is 1. The van der Waals surface area contributed by atoms with E-state index in [0.717, 1.165) is 12.1 Å². The lowest BCUT2D eigenvalue weighted by Gasteiger charge is -2.25. The van der Waals surface area contributed by atoms with Gasteiger partial charge in [-0.25, -0.2) is 22.3 Å². The van der Waals surface area contributed by atoms with Gasteiger partial charge in [0.05, 0.1) is 22.6 Å². The number of rotatable bonds is 6. The van der Waals surface area contributed by atoms with Crippen molar-refractivity contribution in [1.82, 2.24) is 4.72 Å². The first-order valence-electron chi connectivity index (χ1n) is 6.06. The van der Waals surface area contributed by atoms with E-state index in [-0.39, 0.29) is 17.1 Å². The molecule has 8 heteroatoms. The molecule has 0 saturated carbocycles. The molecule has 6 nitrogen and oxygen atoms in total. The monoisotopic (exact) mass is 319 g/mol. The molecule has 2 N–H and O–H groups in total. The second kappa shape index (κ2) is 6.08. The average Bonchev–Trinajstić information content (AvgIpc) is 2.30. The molecule has 0 aromatic heterocycles. The number of nitrogens with one attached hydrogen (secondary N) is 1. The van der Waals surface area contributed by atoms with Crippen LogP contribution in [0.5, 0.6) is 0 Å². The molecular formula is C13H18FNO5S. The molecule has 0 radical (unpaired) electrons. The number of methoxy groups -OCH3 is 1. The topological polar surface area (TPSA) is 92.7 Å². The molecule has 0 aliphatic heterocycles. The molecule has 0 aliphatic carbocycles. The number of carboxylic acid groups (broad SMARTS) is 1. The molecule has 0 atom stereocenters. The van der Waals surface area contributed by atoms with Gasteiger partial charge in [-0.05, 0) is 38.5 Å². The van der Waals surface area contributed by atoms with Crippen LogP contribution in [0.25, 0.3) is 0 Å². The first-order chi connectivity index (χ1) is 9.50. The fraction of sp³-hybridized carbons (Fsp3) is 0.462. The number of carbonyl (C=O) groups is 1. The van der Waals surface area contributed by atoms with Gasteiger partial charge in [0.15, 0.2) is 0 Å². The van der Waals surface area contributed by atoms with Crippen LogP contribution in [0, 0.1) is 12.7 Å². The molecule has 118 valence electrons. The molecule has 0 saturated heterocycles. The molecule has 1 rings (SSSR count). The fourth-order valence-electron chi connectivity index (χ4n) is 1.86. The van der Waals surface area contributed by atoms with Crippen LogP contribution < -0.4 is 4.72 Å². The van der Waals surface area contributed by atoms with E-state index < -0.39 is 32.9 Å². The van der Waals surface area contributed by atoms with Crippen LogP contribution in [0.15, 0.2) is 17.0 Å². The molecule has 1 aromatic carbocycles. The van der Waals surface area contributed by atoms with Gasteiger partial charge in [0.2, 0.25) is 10.0 Å². The molecule has 0 heterocycles. The summed E-state index contributed by atoms with van der Waals surface area (Å²) in [7, 11) is -2.56. The number of halogens is 1. The second-order valence-electron chi connectivity index (χ2n) is 5.33. The lowest BCUT2D eigenvalue weighted by molar-refractivity contribution is 0.0691. The van der Waals surface area contributed by atoms with Crippen LogP contribution in [0.4, 0.5) is 4.39 Å². The van der Waals surface area contributed by atoms with E-state index in [0.29, 0.717) is 0 Å². The zero-order valence-corrected chi connectivity index (χ0v) is 13.0. The third-order valence-corrected chi connectivity index (χ3v) is 4.36. The van der Waals surface area contributed by atoms with Crippen molar-refractivity contribution in [1.29, 1.82) is 0 Å². The number of ether oxygens (including phenoxy) is 1. The number of benzene rings is 1. The molecule has 0 aliphatic rings. The molecule has 0 amide bonds. The standard InChI is InChI=1S/C13H18FNO5S/c1-8-5-9(6-10(11(8)14)12(16)17)21(18,19)15-13(2,3)7-20-4/h5-6,15H,7H2,1-4H3,(H,16,17). The first kappa shape index (κ1) is 17.5. The summed E-state index contributed by atoms with van der Waals surface area (Å²) in [6, 6.07) is 1.89. The minimum absolute atomic E-state index is 0.0557. The summed E-state index contributed by atoms with van der Waals surface area (Å²) in [5.41, 5.74) is -1.63. The maximum absolute atomic E-state index is 13.7. The first-order valence-corrected chi connectivity index (χ1v) is 7.55. The normalized spacial score (nSPS) is 12.4. The Morgan fingerprint density at radius 2 is 2.00 bits per heavy atom. The van der Waals surface area contributed by atoms with Crippen LogP contribution >= 0.6 is 0 Å². The maximum Gasteiger partial charge on any atom is 0.338 e. The van der Waals surface area contributed by atoms with Crippen molar-refractivity contribution >= 4 is 16.0 Å². The molecule has 0 spiro atoms. The largest absolute Gasteiger partial charge is 0.478 e. The van der Waals surface area contributed by atoms with E-state index in [2.05, 4.69) is 4.72 Å². The van der Waals surface area contributed by atoms with Crippen LogP contribution in [-0.4, -0.2) is 38.7 Å². The summed E-state index contributed by atoms with van der Waals surface area (Å²) in [6.45, 7) is 4.66. The summed E-state index contributed by atoms with van der Waals surface area (Å²) in [4.78, 5) is 10.7. The zero-order valence-electron chi connectivity index (χ0n) is 12.2. The molecule has 1 aromatic rings. The van der Waals surface area contributed by atoms with Crippen molar-refractivity contribution in [3.8, 4) is 0 Å². The zero-order chi connectivity index (χ0) is 16.4. The SMILES string of the molecule is COCC(C)(C)NS(=O)(=O)c1cc(C)c(F)c(C(=O)O)c1. The van der Waals surface area contributed by atoms with Crippen molar-refractivity contribution in [3.05, 3.63) is 29.1 Å². The predicted molar refractivity (Wildman–Crippen MR) is 74.4 cm³/mol. The van der Waals surface area contributed by atoms with Crippen molar-refractivity contribution in [3.63, 3.8) is 0 Å². The Kier molecular flexibility index (Phi) is 5.08. The van der Waals surface area contributed by atoms with Crippen LogP contribution in [0.3, 0.4) is 0 Å². The van der Waals surface area contributed by atoms with Gasteiger partial charge in [-0.1, -0.05) is 0 Å². The average molecular weight is 319 g/mol. The van der Waals surface area contributed by atoms with Crippen molar-refractivity contribution in [2.75, 3.05) is 13.7 Å². The van der Waals surface area contributed by atoms with E-state index >= 15 is 0 Å². The second-order valence-corrected chi connectivity index (χ2v) is 7.01. The summed E-state index contributed by atoms with van der Waals surface area (Å²) in [5.74, 6) is -2.47. The third kappa shape index (κ3) is 4.23. The summed E-state index contributed by atoms with van der Waals surface area (Å²) in [6.07, 6.45) is 0. The number of aromatic carboxylic acids is 1. The Morgan fingerprint density at radius 3 is 2.48 bits per heavy atom. The maximum atomic E-state index is 13.7. The number of sulfonamides is 1. The van der Waals surface area contributed by atoms with E-state index in [1.807, 2.05) is 0 Å². The Labute approximate surface area is 123 Å². The summed E-state index contributed by atoms with van der Waals surface area (Å²) >= 11 is 0. The Balaban J connectivity index is 3.30. The Bertz CT molecular complexity index is 655. The van der Waals surface area contributed by atoms with Crippen LogP contribution in [-0.2, 0) is 14.8 Å². The fourth-order valence-corrected chi connectivity index (χ4v) is 3.37. The third-order valence-electron chi connectivity index (χ3n) is 2.68. The Morgan fingerprint density at radius 1 is 1.43 bits per heavy atom. The highest BCUT2D eigenvalue weighted by atomic mass is 32.2. The highest BCUT2D eigenvalue weighted by Gasteiger charge is 2.28. The van der Waals surface area contributed by atoms with E-state index in [1.54, 1.807) is 13.8 Å².